The Morgan fingerprint density at radius 3 is 2.42 bits per heavy atom. The van der Waals surface area contributed by atoms with Crippen LogP contribution in [0.2, 0.25) is 0 Å². The number of sulfonamides is 1. The summed E-state index contributed by atoms with van der Waals surface area (Å²) in [5.74, 6) is -1.19. The predicted octanol–water partition coefficient (Wildman–Crippen LogP) is 1.65. The summed E-state index contributed by atoms with van der Waals surface area (Å²) >= 11 is 3.86. The van der Waals surface area contributed by atoms with Gasteiger partial charge in [-0.15, -0.1) is 11.3 Å². The first-order valence-electron chi connectivity index (χ1n) is 5.22. The molecule has 0 aliphatic heterocycles. The third kappa shape index (κ3) is 3.76. The van der Waals surface area contributed by atoms with Crippen LogP contribution < -0.4 is 4.72 Å². The number of carboxylic acids is 1. The number of halogens is 1. The molecular formula is C10H14BrNO5S2. The molecule has 1 atom stereocenters. The minimum atomic E-state index is -3.92. The monoisotopic (exact) mass is 371 g/mol. The van der Waals surface area contributed by atoms with E-state index in [1.807, 2.05) is 0 Å². The minimum Gasteiger partial charge on any atom is -0.477 e. The molecule has 19 heavy (non-hydrogen) atoms. The molecule has 1 unspecified atom stereocenters. The fourth-order valence-electron chi connectivity index (χ4n) is 1.13. The van der Waals surface area contributed by atoms with Crippen LogP contribution in [0.25, 0.3) is 0 Å². The molecule has 0 aliphatic carbocycles. The average molecular weight is 372 g/mol. The maximum absolute atomic E-state index is 12.2. The summed E-state index contributed by atoms with van der Waals surface area (Å²) in [4.78, 5) is 10.6. The normalized spacial score (nSPS) is 14.4. The minimum absolute atomic E-state index is 0.0814. The van der Waals surface area contributed by atoms with Crippen LogP contribution in [0, 0.1) is 0 Å². The van der Waals surface area contributed by atoms with Crippen LogP contribution in [-0.2, 0) is 10.0 Å². The van der Waals surface area contributed by atoms with Gasteiger partial charge in [0.05, 0.1) is 15.4 Å². The lowest BCUT2D eigenvalue weighted by atomic mass is 10.0. The Hall–Kier alpha value is -0.480. The molecule has 3 N–H and O–H groups in total. The van der Waals surface area contributed by atoms with Crippen molar-refractivity contribution < 1.29 is 23.4 Å². The Labute approximate surface area is 123 Å². The van der Waals surface area contributed by atoms with Crippen molar-refractivity contribution in [3.05, 3.63) is 14.7 Å². The topological polar surface area (TPSA) is 104 Å². The van der Waals surface area contributed by atoms with Gasteiger partial charge in [0, 0.05) is 0 Å². The lowest BCUT2D eigenvalue weighted by molar-refractivity contribution is 0.0702. The molecule has 6 nitrogen and oxygen atoms in total. The van der Waals surface area contributed by atoms with Gasteiger partial charge in [0.1, 0.15) is 9.77 Å². The molecule has 1 rings (SSSR count). The van der Waals surface area contributed by atoms with E-state index >= 15 is 0 Å². The molecule has 0 saturated heterocycles. The molecular weight excluding hydrogens is 358 g/mol. The van der Waals surface area contributed by atoms with Gasteiger partial charge in [0.2, 0.25) is 10.0 Å². The number of nitrogens with one attached hydrogen (secondary N) is 1. The third-order valence-corrected chi connectivity index (χ3v) is 6.51. The van der Waals surface area contributed by atoms with Crippen molar-refractivity contribution >= 4 is 43.3 Å². The van der Waals surface area contributed by atoms with E-state index in [2.05, 4.69) is 20.7 Å². The van der Waals surface area contributed by atoms with E-state index in [0.717, 1.165) is 17.4 Å². The molecule has 0 aliphatic rings. The highest BCUT2D eigenvalue weighted by molar-refractivity contribution is 9.11. The highest BCUT2D eigenvalue weighted by Gasteiger charge is 2.32. The Balaban J connectivity index is 3.18. The summed E-state index contributed by atoms with van der Waals surface area (Å²) in [6.45, 7) is 4.54. The van der Waals surface area contributed by atoms with Crippen molar-refractivity contribution in [3.8, 4) is 0 Å². The number of thiophene rings is 1. The second-order valence-electron chi connectivity index (χ2n) is 4.56. The zero-order valence-corrected chi connectivity index (χ0v) is 13.7. The summed E-state index contributed by atoms with van der Waals surface area (Å²) in [6, 6.07) is 1.08. The van der Waals surface area contributed by atoms with E-state index in [-0.39, 0.29) is 13.6 Å². The fraction of sp³-hybridized carbons (Fsp3) is 0.500. The van der Waals surface area contributed by atoms with Gasteiger partial charge in [0.25, 0.3) is 0 Å². The summed E-state index contributed by atoms with van der Waals surface area (Å²) in [5, 5.41) is 18.4. The Morgan fingerprint density at radius 1 is 1.53 bits per heavy atom. The number of carbonyl (C=O) groups is 1. The van der Waals surface area contributed by atoms with Crippen LogP contribution in [0.3, 0.4) is 0 Å². The maximum atomic E-state index is 12.2. The predicted molar refractivity (Wildman–Crippen MR) is 75.1 cm³/mol. The SMILES string of the molecule is CC(O)C(C)(C)NS(=O)(=O)c1cc(C(=O)O)sc1Br. The number of aromatic carboxylic acids is 1. The second-order valence-corrected chi connectivity index (χ2v) is 8.58. The van der Waals surface area contributed by atoms with Gasteiger partial charge in [-0.1, -0.05) is 0 Å². The number of hydrogen-bond acceptors (Lipinski definition) is 5. The molecule has 0 saturated carbocycles. The molecule has 0 spiro atoms. The summed E-state index contributed by atoms with van der Waals surface area (Å²) in [7, 11) is -3.92. The molecule has 0 radical (unpaired) electrons. The van der Waals surface area contributed by atoms with Crippen molar-refractivity contribution in [2.45, 2.75) is 37.3 Å². The highest BCUT2D eigenvalue weighted by Crippen LogP contribution is 2.32. The molecule has 0 aromatic carbocycles. The zero-order chi connectivity index (χ0) is 15.0. The van der Waals surface area contributed by atoms with Gasteiger partial charge in [-0.2, -0.15) is 0 Å². The molecule has 0 bridgehead atoms. The quantitative estimate of drug-likeness (QED) is 0.729. The van der Waals surface area contributed by atoms with E-state index < -0.39 is 27.6 Å². The van der Waals surface area contributed by atoms with Crippen LogP contribution in [0.15, 0.2) is 14.7 Å². The first-order chi connectivity index (χ1) is 8.47. The van der Waals surface area contributed by atoms with Gasteiger partial charge in [-0.05, 0) is 42.8 Å². The van der Waals surface area contributed by atoms with E-state index in [1.54, 1.807) is 0 Å². The Bertz CT molecular complexity index is 591. The molecule has 108 valence electrons. The molecule has 1 aromatic rings. The molecule has 1 heterocycles. The van der Waals surface area contributed by atoms with Crippen LogP contribution in [0.1, 0.15) is 30.4 Å². The Morgan fingerprint density at radius 2 is 2.05 bits per heavy atom. The van der Waals surface area contributed by atoms with E-state index in [9.17, 15) is 18.3 Å². The summed E-state index contributed by atoms with van der Waals surface area (Å²) < 4.78 is 26.9. The van der Waals surface area contributed by atoms with Gasteiger partial charge in [0.15, 0.2) is 0 Å². The maximum Gasteiger partial charge on any atom is 0.345 e. The highest BCUT2D eigenvalue weighted by atomic mass is 79.9. The number of rotatable bonds is 5. The van der Waals surface area contributed by atoms with Crippen molar-refractivity contribution in [3.63, 3.8) is 0 Å². The fourth-order valence-corrected chi connectivity index (χ4v) is 5.01. The van der Waals surface area contributed by atoms with Gasteiger partial charge < -0.3 is 10.2 Å². The van der Waals surface area contributed by atoms with Crippen molar-refractivity contribution in [2.75, 3.05) is 0 Å². The van der Waals surface area contributed by atoms with Crippen molar-refractivity contribution in [1.82, 2.24) is 4.72 Å². The van der Waals surface area contributed by atoms with Crippen molar-refractivity contribution in [1.29, 1.82) is 0 Å². The first-order valence-corrected chi connectivity index (χ1v) is 8.31. The lowest BCUT2D eigenvalue weighted by Crippen LogP contribution is -2.50. The standard InChI is InChI=1S/C10H14BrNO5S2/c1-5(13)10(2,3)12-19(16,17)7-4-6(9(14)15)18-8(7)11/h4-5,12-13H,1-3H3,(H,14,15). The van der Waals surface area contributed by atoms with E-state index in [1.165, 1.54) is 20.8 Å². The lowest BCUT2D eigenvalue weighted by Gasteiger charge is -2.28. The third-order valence-electron chi connectivity index (χ3n) is 2.60. The smallest absolute Gasteiger partial charge is 0.345 e. The largest absolute Gasteiger partial charge is 0.477 e. The van der Waals surface area contributed by atoms with Crippen LogP contribution >= 0.6 is 27.3 Å². The second kappa shape index (κ2) is 5.49. The van der Waals surface area contributed by atoms with Crippen LogP contribution in [0.4, 0.5) is 0 Å². The van der Waals surface area contributed by atoms with E-state index in [4.69, 9.17) is 5.11 Å². The van der Waals surface area contributed by atoms with Crippen LogP contribution in [0.5, 0.6) is 0 Å². The molecule has 0 amide bonds. The molecule has 0 fully saturated rings. The number of aliphatic hydroxyl groups excluding tert-OH is 1. The molecule has 9 heteroatoms. The number of aliphatic hydroxyl groups is 1. The average Bonchev–Trinajstić information content (AvgIpc) is 2.59. The zero-order valence-electron chi connectivity index (χ0n) is 10.5. The van der Waals surface area contributed by atoms with Gasteiger partial charge >= 0.3 is 5.97 Å². The first kappa shape index (κ1) is 16.6. The summed E-state index contributed by atoms with van der Waals surface area (Å²) in [5.41, 5.74) is -1.07. The van der Waals surface area contributed by atoms with E-state index in [0.29, 0.717) is 0 Å². The van der Waals surface area contributed by atoms with Crippen molar-refractivity contribution in [2.24, 2.45) is 0 Å². The Kier molecular flexibility index (Phi) is 4.79. The molecule has 1 aromatic heterocycles. The van der Waals surface area contributed by atoms with Gasteiger partial charge in [-0.3, -0.25) is 0 Å². The summed E-state index contributed by atoms with van der Waals surface area (Å²) in [6.07, 6.45) is -0.904. The number of carboxylic acid groups (broad SMARTS) is 1. The van der Waals surface area contributed by atoms with Gasteiger partial charge in [-0.25, -0.2) is 17.9 Å². The number of hydrogen-bond donors (Lipinski definition) is 3. The van der Waals surface area contributed by atoms with Crippen LogP contribution in [-0.4, -0.2) is 36.2 Å².